The average molecular weight is 481 g/mol. The molecule has 0 bridgehead atoms. The number of hydrogen-bond acceptors (Lipinski definition) is 4. The van der Waals surface area contributed by atoms with Crippen LogP contribution in [0, 0.1) is 0 Å². The summed E-state index contributed by atoms with van der Waals surface area (Å²) in [5.74, 6) is -0.104. The van der Waals surface area contributed by atoms with Gasteiger partial charge in [0.15, 0.2) is 11.5 Å². The van der Waals surface area contributed by atoms with Gasteiger partial charge >= 0.3 is 6.61 Å². The topological polar surface area (TPSA) is 59.1 Å². The van der Waals surface area contributed by atoms with Gasteiger partial charge in [-0.25, -0.2) is 0 Å². The number of halogens is 2. The van der Waals surface area contributed by atoms with Gasteiger partial charge in [0.05, 0.1) is 6.61 Å². The first-order chi connectivity index (χ1) is 17.0. The summed E-state index contributed by atoms with van der Waals surface area (Å²) in [5, 5.41) is 1.93. The van der Waals surface area contributed by atoms with Crippen molar-refractivity contribution in [2.75, 3.05) is 32.8 Å². The Kier molecular flexibility index (Phi) is 7.60. The number of amides is 2. The number of piperazine rings is 1. The molecule has 3 aromatic carbocycles. The van der Waals surface area contributed by atoms with E-state index in [1.54, 1.807) is 34.9 Å². The molecule has 182 valence electrons. The third-order valence-electron chi connectivity index (χ3n) is 5.80. The Labute approximate surface area is 202 Å². The molecule has 1 aliphatic rings. The van der Waals surface area contributed by atoms with Crippen molar-refractivity contribution in [3.8, 4) is 11.5 Å². The van der Waals surface area contributed by atoms with E-state index in [2.05, 4.69) is 4.74 Å². The maximum Gasteiger partial charge on any atom is 0.387 e. The van der Waals surface area contributed by atoms with Gasteiger partial charge in [0, 0.05) is 37.8 Å². The van der Waals surface area contributed by atoms with Crippen molar-refractivity contribution < 1.29 is 27.8 Å². The van der Waals surface area contributed by atoms with Crippen LogP contribution in [0.15, 0.2) is 66.7 Å². The summed E-state index contributed by atoms with van der Waals surface area (Å²) in [4.78, 5) is 29.3. The van der Waals surface area contributed by atoms with Crippen LogP contribution in [0.3, 0.4) is 0 Å². The summed E-state index contributed by atoms with van der Waals surface area (Å²) in [5.41, 5.74) is 1.28. The van der Waals surface area contributed by atoms with Gasteiger partial charge in [-0.3, -0.25) is 9.59 Å². The molecule has 0 spiro atoms. The number of hydrogen-bond donors (Lipinski definition) is 0. The van der Waals surface area contributed by atoms with Gasteiger partial charge < -0.3 is 19.3 Å². The van der Waals surface area contributed by atoms with Crippen LogP contribution in [-0.2, 0) is 4.79 Å². The minimum absolute atomic E-state index is 0.0426. The zero-order chi connectivity index (χ0) is 24.8. The number of carbonyl (C=O) groups is 2. The highest BCUT2D eigenvalue weighted by Crippen LogP contribution is 2.30. The average Bonchev–Trinajstić information content (AvgIpc) is 2.88. The normalized spacial score (nSPS) is 14.1. The molecule has 0 aromatic heterocycles. The third kappa shape index (κ3) is 5.77. The highest BCUT2D eigenvalue weighted by molar-refractivity contribution is 6.07. The van der Waals surface area contributed by atoms with Crippen LogP contribution >= 0.6 is 0 Å². The lowest BCUT2D eigenvalue weighted by atomic mass is 10.0. The van der Waals surface area contributed by atoms with E-state index in [-0.39, 0.29) is 29.9 Å². The Morgan fingerprint density at radius 1 is 0.943 bits per heavy atom. The summed E-state index contributed by atoms with van der Waals surface area (Å²) in [6.45, 7) is 0.793. The monoisotopic (exact) mass is 480 g/mol. The molecule has 4 rings (SSSR count). The van der Waals surface area contributed by atoms with E-state index in [1.807, 2.05) is 42.5 Å². The Hall–Kier alpha value is -3.94. The van der Waals surface area contributed by atoms with Crippen LogP contribution in [0.4, 0.5) is 8.78 Å². The summed E-state index contributed by atoms with van der Waals surface area (Å²) in [7, 11) is 0. The molecular weight excluding hydrogens is 454 g/mol. The first-order valence-corrected chi connectivity index (χ1v) is 11.4. The molecule has 8 heteroatoms. The van der Waals surface area contributed by atoms with Crippen LogP contribution in [-0.4, -0.2) is 61.0 Å². The standard InChI is InChI=1S/C27H26F2N2O4/c1-2-34-24-18-19(10-12-23(24)35-27(28)29)11-13-25(32)30-14-16-31(17-15-30)26(33)22-9-5-7-20-6-3-4-8-21(20)22/h3-13,18,27H,2,14-17H2,1H3/b13-11+. The van der Waals surface area contributed by atoms with E-state index >= 15 is 0 Å². The van der Waals surface area contributed by atoms with Crippen molar-refractivity contribution in [1.29, 1.82) is 0 Å². The molecule has 1 aliphatic heterocycles. The predicted octanol–water partition coefficient (Wildman–Crippen LogP) is 4.84. The van der Waals surface area contributed by atoms with E-state index in [4.69, 9.17) is 4.74 Å². The highest BCUT2D eigenvalue weighted by atomic mass is 19.3. The Bertz CT molecular complexity index is 1230. The van der Waals surface area contributed by atoms with Crippen molar-refractivity contribution in [2.24, 2.45) is 0 Å². The number of fused-ring (bicyclic) bond motifs is 1. The molecule has 0 aliphatic carbocycles. The zero-order valence-corrected chi connectivity index (χ0v) is 19.3. The lowest BCUT2D eigenvalue weighted by Gasteiger charge is -2.34. The van der Waals surface area contributed by atoms with Gasteiger partial charge in [-0.05, 0) is 47.5 Å². The lowest BCUT2D eigenvalue weighted by Crippen LogP contribution is -2.50. The number of rotatable bonds is 7. The van der Waals surface area contributed by atoms with Gasteiger partial charge in [-0.1, -0.05) is 42.5 Å². The number of alkyl halides is 2. The number of ether oxygens (including phenoxy) is 2. The van der Waals surface area contributed by atoms with E-state index in [0.29, 0.717) is 37.3 Å². The molecule has 0 saturated carbocycles. The summed E-state index contributed by atoms with van der Waals surface area (Å²) < 4.78 is 35.0. The smallest absolute Gasteiger partial charge is 0.387 e. The fraction of sp³-hybridized carbons (Fsp3) is 0.259. The van der Waals surface area contributed by atoms with Gasteiger partial charge in [-0.15, -0.1) is 0 Å². The Morgan fingerprint density at radius 3 is 2.40 bits per heavy atom. The molecule has 35 heavy (non-hydrogen) atoms. The molecule has 1 fully saturated rings. The van der Waals surface area contributed by atoms with E-state index < -0.39 is 6.61 Å². The second kappa shape index (κ2) is 11.0. The molecule has 6 nitrogen and oxygen atoms in total. The Morgan fingerprint density at radius 2 is 1.66 bits per heavy atom. The highest BCUT2D eigenvalue weighted by Gasteiger charge is 2.25. The van der Waals surface area contributed by atoms with Gasteiger partial charge in [0.25, 0.3) is 5.91 Å². The van der Waals surface area contributed by atoms with Crippen LogP contribution in [0.2, 0.25) is 0 Å². The molecule has 0 unspecified atom stereocenters. The maximum absolute atomic E-state index is 13.1. The zero-order valence-electron chi connectivity index (χ0n) is 19.3. The van der Waals surface area contributed by atoms with Crippen molar-refractivity contribution in [2.45, 2.75) is 13.5 Å². The molecule has 0 radical (unpaired) electrons. The fourth-order valence-corrected chi connectivity index (χ4v) is 4.08. The minimum Gasteiger partial charge on any atom is -0.490 e. The van der Waals surface area contributed by atoms with Crippen molar-refractivity contribution in [3.63, 3.8) is 0 Å². The lowest BCUT2D eigenvalue weighted by molar-refractivity contribution is -0.127. The first-order valence-electron chi connectivity index (χ1n) is 11.4. The Balaban J connectivity index is 1.38. The van der Waals surface area contributed by atoms with E-state index in [9.17, 15) is 18.4 Å². The van der Waals surface area contributed by atoms with Gasteiger partial charge in [0.1, 0.15) is 0 Å². The SMILES string of the molecule is CCOc1cc(/C=C/C(=O)N2CCN(C(=O)c3cccc4ccccc34)CC2)ccc1OC(F)F. The maximum atomic E-state index is 13.1. The number of carbonyl (C=O) groups excluding carboxylic acids is 2. The second-order valence-electron chi connectivity index (χ2n) is 8.00. The van der Waals surface area contributed by atoms with Crippen molar-refractivity contribution in [1.82, 2.24) is 9.80 Å². The van der Waals surface area contributed by atoms with Crippen LogP contribution < -0.4 is 9.47 Å². The third-order valence-corrected chi connectivity index (χ3v) is 5.80. The van der Waals surface area contributed by atoms with Crippen molar-refractivity contribution >= 4 is 28.7 Å². The molecule has 1 saturated heterocycles. The fourth-order valence-electron chi connectivity index (χ4n) is 4.08. The van der Waals surface area contributed by atoms with Crippen LogP contribution in [0.25, 0.3) is 16.8 Å². The van der Waals surface area contributed by atoms with E-state index in [0.717, 1.165) is 10.8 Å². The minimum atomic E-state index is -2.96. The van der Waals surface area contributed by atoms with Gasteiger partial charge in [0.2, 0.25) is 5.91 Å². The first kappa shape index (κ1) is 24.2. The second-order valence-corrected chi connectivity index (χ2v) is 8.00. The molecular formula is C27H26F2N2O4. The summed E-state index contributed by atoms with van der Waals surface area (Å²) in [6, 6.07) is 18.0. The summed E-state index contributed by atoms with van der Waals surface area (Å²) >= 11 is 0. The van der Waals surface area contributed by atoms with Gasteiger partial charge in [-0.2, -0.15) is 8.78 Å². The van der Waals surface area contributed by atoms with E-state index in [1.165, 1.54) is 12.1 Å². The molecule has 2 amide bonds. The van der Waals surface area contributed by atoms with Crippen molar-refractivity contribution in [3.05, 3.63) is 77.9 Å². The number of benzene rings is 3. The molecule has 1 heterocycles. The van der Waals surface area contributed by atoms with Crippen LogP contribution in [0.5, 0.6) is 11.5 Å². The molecule has 0 atom stereocenters. The molecule has 3 aromatic rings. The predicted molar refractivity (Wildman–Crippen MR) is 130 cm³/mol. The quantitative estimate of drug-likeness (QED) is 0.454. The van der Waals surface area contributed by atoms with Crippen LogP contribution in [0.1, 0.15) is 22.8 Å². The summed E-state index contributed by atoms with van der Waals surface area (Å²) in [6.07, 6.45) is 3.03. The molecule has 0 N–H and O–H groups in total. The number of nitrogens with zero attached hydrogens (tertiary/aromatic N) is 2. The largest absolute Gasteiger partial charge is 0.490 e.